The van der Waals surface area contributed by atoms with E-state index in [2.05, 4.69) is 44.2 Å². The van der Waals surface area contributed by atoms with E-state index in [-0.39, 0.29) is 12.5 Å². The number of carboxylic acids is 1. The highest BCUT2D eigenvalue weighted by atomic mass is 16.6. The molecule has 1 unspecified atom stereocenters. The van der Waals surface area contributed by atoms with Crippen molar-refractivity contribution in [2.75, 3.05) is 13.7 Å². The van der Waals surface area contributed by atoms with Gasteiger partial charge in [-0.3, -0.25) is 4.90 Å². The Morgan fingerprint density at radius 2 is 1.47 bits per heavy atom. The number of carbonyl (C=O) groups excluding carboxylic acids is 1. The van der Waals surface area contributed by atoms with Gasteiger partial charge in [0.05, 0.1) is 0 Å². The number of aryl methyl sites for hydroxylation is 1. The van der Waals surface area contributed by atoms with Crippen LogP contribution in [0.15, 0.2) is 72.8 Å². The van der Waals surface area contributed by atoms with Gasteiger partial charge in [0, 0.05) is 13.0 Å². The van der Waals surface area contributed by atoms with Crippen molar-refractivity contribution in [1.29, 1.82) is 0 Å². The number of fused-ring (bicyclic) bond motifs is 3. The number of likely N-dealkylation sites (N-methyl/N-ethyl adjacent to an activating group) is 1. The van der Waals surface area contributed by atoms with Gasteiger partial charge in [-0.1, -0.05) is 86.6 Å². The molecule has 0 heterocycles. The molecule has 0 aromatic heterocycles. The molecule has 0 bridgehead atoms. The molecule has 5 nitrogen and oxygen atoms in total. The molecular weight excluding hydrogens is 426 g/mol. The van der Waals surface area contributed by atoms with Crippen molar-refractivity contribution in [3.05, 3.63) is 95.1 Å². The first-order valence-electron chi connectivity index (χ1n) is 11.8. The molecule has 0 aliphatic heterocycles. The molecule has 0 saturated heterocycles. The summed E-state index contributed by atoms with van der Waals surface area (Å²) < 4.78 is 5.67. The van der Waals surface area contributed by atoms with Crippen LogP contribution in [0.1, 0.15) is 54.4 Å². The lowest BCUT2D eigenvalue weighted by Gasteiger charge is -2.25. The van der Waals surface area contributed by atoms with Crippen molar-refractivity contribution < 1.29 is 19.4 Å². The van der Waals surface area contributed by atoms with E-state index in [4.69, 9.17) is 4.74 Å². The van der Waals surface area contributed by atoms with Crippen LogP contribution in [0.25, 0.3) is 11.1 Å². The first-order valence-corrected chi connectivity index (χ1v) is 11.8. The van der Waals surface area contributed by atoms with Crippen LogP contribution in [-0.4, -0.2) is 41.8 Å². The average Bonchev–Trinajstić information content (AvgIpc) is 3.16. The molecule has 1 N–H and O–H groups in total. The van der Waals surface area contributed by atoms with Gasteiger partial charge in [-0.2, -0.15) is 0 Å². The quantitative estimate of drug-likeness (QED) is 0.445. The van der Waals surface area contributed by atoms with E-state index in [0.29, 0.717) is 18.8 Å². The van der Waals surface area contributed by atoms with Crippen molar-refractivity contribution >= 4 is 12.1 Å². The third kappa shape index (κ3) is 4.69. The number of rotatable bonds is 8. The Hall–Kier alpha value is -3.60. The summed E-state index contributed by atoms with van der Waals surface area (Å²) in [5.74, 6) is -0.747. The van der Waals surface area contributed by atoms with Crippen LogP contribution in [0, 0.1) is 0 Å². The maximum absolute atomic E-state index is 12.9. The highest BCUT2D eigenvalue weighted by Gasteiger charge is 2.32. The third-order valence-corrected chi connectivity index (χ3v) is 6.74. The fourth-order valence-corrected chi connectivity index (χ4v) is 4.92. The van der Waals surface area contributed by atoms with Crippen molar-refractivity contribution in [1.82, 2.24) is 4.90 Å². The third-order valence-electron chi connectivity index (χ3n) is 6.74. The molecule has 0 fully saturated rings. The van der Waals surface area contributed by atoms with Crippen LogP contribution >= 0.6 is 0 Å². The average molecular weight is 458 g/mol. The highest BCUT2D eigenvalue weighted by molar-refractivity contribution is 5.81. The van der Waals surface area contributed by atoms with Crippen LogP contribution in [0.4, 0.5) is 4.79 Å². The Labute approximate surface area is 201 Å². The monoisotopic (exact) mass is 457 g/mol. The molecule has 34 heavy (non-hydrogen) atoms. The second-order valence-electron chi connectivity index (χ2n) is 9.16. The number of hydrogen-bond acceptors (Lipinski definition) is 3. The molecule has 3 aromatic rings. The van der Waals surface area contributed by atoms with Gasteiger partial charge in [-0.25, -0.2) is 9.59 Å². The number of amides is 1. The summed E-state index contributed by atoms with van der Waals surface area (Å²) in [7, 11) is 1.51. The minimum Gasteiger partial charge on any atom is -0.480 e. The van der Waals surface area contributed by atoms with E-state index < -0.39 is 18.1 Å². The van der Waals surface area contributed by atoms with Crippen LogP contribution in [0.2, 0.25) is 0 Å². The van der Waals surface area contributed by atoms with E-state index in [0.717, 1.165) is 27.8 Å². The standard InChI is InChI=1S/C29H31NO4/c1-19(2)21-11-5-4-10-20(21)16-17-27(28(31)32)30(3)29(33)34-18-26-24-14-8-6-12-22(24)23-13-7-9-15-25(23)26/h4-15,19,26-27H,16-18H2,1-3H3,(H,31,32). The van der Waals surface area contributed by atoms with Crippen LogP contribution in [0.3, 0.4) is 0 Å². The predicted molar refractivity (Wildman–Crippen MR) is 133 cm³/mol. The van der Waals surface area contributed by atoms with Gasteiger partial charge in [0.15, 0.2) is 0 Å². The van der Waals surface area contributed by atoms with Gasteiger partial charge in [-0.05, 0) is 52.1 Å². The first kappa shape index (κ1) is 23.6. The lowest BCUT2D eigenvalue weighted by molar-refractivity contribution is -0.142. The number of carbonyl (C=O) groups is 2. The second-order valence-corrected chi connectivity index (χ2v) is 9.16. The second kappa shape index (κ2) is 10.1. The zero-order chi connectivity index (χ0) is 24.2. The summed E-state index contributed by atoms with van der Waals surface area (Å²) in [5.41, 5.74) is 6.87. The van der Waals surface area contributed by atoms with Gasteiger partial charge in [0.1, 0.15) is 12.6 Å². The summed E-state index contributed by atoms with van der Waals surface area (Å²) in [6.45, 7) is 4.41. The van der Waals surface area contributed by atoms with E-state index >= 15 is 0 Å². The molecule has 3 aromatic carbocycles. The van der Waals surface area contributed by atoms with Crippen LogP contribution in [0.5, 0.6) is 0 Å². The Bertz CT molecular complexity index is 1140. The fraction of sp³-hybridized carbons (Fsp3) is 0.310. The smallest absolute Gasteiger partial charge is 0.410 e. The molecule has 0 radical (unpaired) electrons. The summed E-state index contributed by atoms with van der Waals surface area (Å²) in [5, 5.41) is 9.84. The number of nitrogens with zero attached hydrogens (tertiary/aromatic N) is 1. The Kier molecular flexibility index (Phi) is 7.01. The number of aliphatic carboxylic acids is 1. The fourth-order valence-electron chi connectivity index (χ4n) is 4.92. The van der Waals surface area contributed by atoms with Gasteiger partial charge >= 0.3 is 12.1 Å². The Morgan fingerprint density at radius 1 is 0.912 bits per heavy atom. The maximum atomic E-state index is 12.9. The SMILES string of the molecule is CC(C)c1ccccc1CCC(C(=O)O)N(C)C(=O)OCC1c2ccccc2-c2ccccc21. The lowest BCUT2D eigenvalue weighted by Crippen LogP contribution is -2.43. The summed E-state index contributed by atoms with van der Waals surface area (Å²) in [4.78, 5) is 26.1. The molecule has 1 aliphatic carbocycles. The topological polar surface area (TPSA) is 66.8 Å². The first-order chi connectivity index (χ1) is 16.4. The lowest BCUT2D eigenvalue weighted by atomic mass is 9.93. The number of ether oxygens (including phenoxy) is 1. The summed E-state index contributed by atoms with van der Waals surface area (Å²) in [6, 6.07) is 23.4. The Morgan fingerprint density at radius 3 is 2.06 bits per heavy atom. The van der Waals surface area contributed by atoms with Crippen molar-refractivity contribution in [3.8, 4) is 11.1 Å². The number of carboxylic acid groups (broad SMARTS) is 1. The maximum Gasteiger partial charge on any atom is 0.410 e. The van der Waals surface area contributed by atoms with Crippen molar-refractivity contribution in [2.24, 2.45) is 0 Å². The number of benzene rings is 3. The van der Waals surface area contributed by atoms with Gasteiger partial charge < -0.3 is 9.84 Å². The molecule has 4 rings (SSSR count). The van der Waals surface area contributed by atoms with Gasteiger partial charge in [0.2, 0.25) is 0 Å². The van der Waals surface area contributed by atoms with E-state index in [1.807, 2.05) is 42.5 Å². The Balaban J connectivity index is 1.44. The molecule has 5 heteroatoms. The summed E-state index contributed by atoms with van der Waals surface area (Å²) >= 11 is 0. The molecule has 176 valence electrons. The normalized spacial score (nSPS) is 13.3. The molecule has 1 amide bonds. The van der Waals surface area contributed by atoms with Gasteiger partial charge in [-0.15, -0.1) is 0 Å². The van der Waals surface area contributed by atoms with Crippen LogP contribution in [-0.2, 0) is 16.0 Å². The minimum atomic E-state index is -1.03. The molecule has 1 aliphatic rings. The van der Waals surface area contributed by atoms with Gasteiger partial charge in [0.25, 0.3) is 0 Å². The zero-order valence-corrected chi connectivity index (χ0v) is 19.9. The van der Waals surface area contributed by atoms with Crippen LogP contribution < -0.4 is 0 Å². The number of hydrogen-bond donors (Lipinski definition) is 1. The predicted octanol–water partition coefficient (Wildman–Crippen LogP) is 6.08. The zero-order valence-electron chi connectivity index (χ0n) is 19.9. The highest BCUT2D eigenvalue weighted by Crippen LogP contribution is 2.44. The van der Waals surface area contributed by atoms with E-state index in [9.17, 15) is 14.7 Å². The molecular formula is C29H31NO4. The minimum absolute atomic E-state index is 0.0639. The van der Waals surface area contributed by atoms with Crippen molar-refractivity contribution in [3.63, 3.8) is 0 Å². The molecule has 0 saturated carbocycles. The van der Waals surface area contributed by atoms with Crippen molar-refractivity contribution in [2.45, 2.75) is 44.6 Å². The van der Waals surface area contributed by atoms with E-state index in [1.54, 1.807) is 0 Å². The summed E-state index contributed by atoms with van der Waals surface area (Å²) in [6.07, 6.45) is 0.276. The van der Waals surface area contributed by atoms with E-state index in [1.165, 1.54) is 17.5 Å². The largest absolute Gasteiger partial charge is 0.480 e. The molecule has 1 atom stereocenters. The molecule has 0 spiro atoms.